The van der Waals surface area contributed by atoms with Gasteiger partial charge in [0.25, 0.3) is 5.91 Å². The highest BCUT2D eigenvalue weighted by Crippen LogP contribution is 2.42. The number of benzene rings is 4. The Morgan fingerprint density at radius 2 is 1.58 bits per heavy atom. The van der Waals surface area contributed by atoms with Crippen LogP contribution in [0.1, 0.15) is 10.4 Å². The molecule has 0 bridgehead atoms. The van der Waals surface area contributed by atoms with Crippen molar-refractivity contribution in [2.45, 2.75) is 0 Å². The maximum atomic E-state index is 15.6. The van der Waals surface area contributed by atoms with Gasteiger partial charge < -0.3 is 14.7 Å². The summed E-state index contributed by atoms with van der Waals surface area (Å²) in [6, 6.07) is 12.8. The molecule has 14 heteroatoms. The SMILES string of the molecule is CNC(=O)c1c(-c2ccc(F)cc2)oc2cc(N(C)S(C)(=O)=O)c(-c3cc(F)c4[nH]c(=O)n(-c5cc(F)cc(F)c5)c4c3)cc12. The molecule has 6 aromatic rings. The Labute approximate surface area is 252 Å². The summed E-state index contributed by atoms with van der Waals surface area (Å²) < 4.78 is 90.8. The van der Waals surface area contributed by atoms with Crippen molar-refractivity contribution in [3.05, 3.63) is 106 Å². The molecule has 1 amide bonds. The molecule has 0 aliphatic carbocycles. The zero-order valence-corrected chi connectivity index (χ0v) is 24.5. The van der Waals surface area contributed by atoms with Crippen molar-refractivity contribution in [3.8, 4) is 28.1 Å². The van der Waals surface area contributed by atoms with Crippen LogP contribution in [0.2, 0.25) is 0 Å². The van der Waals surface area contributed by atoms with Gasteiger partial charge in [-0.1, -0.05) is 0 Å². The predicted octanol–water partition coefficient (Wildman–Crippen LogP) is 5.71. The summed E-state index contributed by atoms with van der Waals surface area (Å²) in [6.45, 7) is 0. The van der Waals surface area contributed by atoms with Crippen molar-refractivity contribution >= 4 is 43.6 Å². The number of H-pyrrole nitrogens is 1. The van der Waals surface area contributed by atoms with E-state index >= 15 is 4.39 Å². The lowest BCUT2D eigenvalue weighted by molar-refractivity contribution is 0.0964. The number of hydrogen-bond acceptors (Lipinski definition) is 5. The number of amides is 1. The Balaban J connectivity index is 1.69. The lowest BCUT2D eigenvalue weighted by Crippen LogP contribution is -2.25. The van der Waals surface area contributed by atoms with E-state index < -0.39 is 44.9 Å². The minimum atomic E-state index is -3.91. The molecule has 0 radical (unpaired) electrons. The van der Waals surface area contributed by atoms with E-state index in [1.165, 1.54) is 56.6 Å². The maximum Gasteiger partial charge on any atom is 0.331 e. The lowest BCUT2D eigenvalue weighted by Gasteiger charge is -2.21. The molecule has 9 nitrogen and oxygen atoms in total. The Morgan fingerprint density at radius 3 is 2.20 bits per heavy atom. The number of rotatable bonds is 6. The quantitative estimate of drug-likeness (QED) is 0.227. The van der Waals surface area contributed by atoms with Crippen LogP contribution in [0.5, 0.6) is 0 Å². The van der Waals surface area contributed by atoms with Gasteiger partial charge in [-0.05, 0) is 60.2 Å². The third-order valence-electron chi connectivity index (χ3n) is 7.37. The molecule has 0 saturated carbocycles. The van der Waals surface area contributed by atoms with Gasteiger partial charge in [0.1, 0.15) is 40.1 Å². The zero-order valence-electron chi connectivity index (χ0n) is 23.7. The van der Waals surface area contributed by atoms with E-state index in [-0.39, 0.29) is 55.8 Å². The van der Waals surface area contributed by atoms with Crippen LogP contribution in [0.3, 0.4) is 0 Å². The number of carbonyl (C=O) groups is 1. The molecule has 2 aromatic heterocycles. The largest absolute Gasteiger partial charge is 0.455 e. The highest BCUT2D eigenvalue weighted by Gasteiger charge is 2.27. The molecule has 0 saturated heterocycles. The topological polar surface area (TPSA) is 117 Å². The number of halogens is 4. The van der Waals surface area contributed by atoms with Gasteiger partial charge in [0.05, 0.1) is 28.7 Å². The number of nitrogens with zero attached hydrogens (tertiary/aromatic N) is 2. The summed E-state index contributed by atoms with van der Waals surface area (Å²) in [5.41, 5.74) is -0.769. The molecule has 45 heavy (non-hydrogen) atoms. The van der Waals surface area contributed by atoms with E-state index in [1.807, 2.05) is 0 Å². The zero-order chi connectivity index (χ0) is 32.4. The minimum Gasteiger partial charge on any atom is -0.455 e. The maximum absolute atomic E-state index is 15.6. The van der Waals surface area contributed by atoms with Crippen LogP contribution < -0.4 is 15.3 Å². The molecule has 4 aromatic carbocycles. The first kappa shape index (κ1) is 29.7. The summed E-state index contributed by atoms with van der Waals surface area (Å²) in [6.07, 6.45) is 0.953. The second-order valence-corrected chi connectivity index (χ2v) is 12.2. The number of aromatic nitrogens is 2. The van der Waals surface area contributed by atoms with Crippen molar-refractivity contribution in [1.82, 2.24) is 14.9 Å². The average Bonchev–Trinajstić information content (AvgIpc) is 3.52. The van der Waals surface area contributed by atoms with Gasteiger partial charge in [-0.3, -0.25) is 13.7 Å². The van der Waals surface area contributed by atoms with Crippen molar-refractivity contribution < 1.29 is 35.2 Å². The fourth-order valence-electron chi connectivity index (χ4n) is 5.20. The molecular weight excluding hydrogens is 616 g/mol. The van der Waals surface area contributed by atoms with Gasteiger partial charge in [0.15, 0.2) is 0 Å². The van der Waals surface area contributed by atoms with Gasteiger partial charge in [-0.2, -0.15) is 0 Å². The summed E-state index contributed by atoms with van der Waals surface area (Å²) in [5.74, 6) is -3.87. The molecule has 0 unspecified atom stereocenters. The fourth-order valence-corrected chi connectivity index (χ4v) is 5.71. The first-order chi connectivity index (χ1) is 21.3. The molecule has 230 valence electrons. The Hall–Kier alpha value is -5.37. The third-order valence-corrected chi connectivity index (χ3v) is 8.56. The average molecular weight is 639 g/mol. The summed E-state index contributed by atoms with van der Waals surface area (Å²) in [7, 11) is -1.25. The molecule has 0 aliphatic heterocycles. The number of sulfonamides is 1. The predicted molar refractivity (Wildman–Crippen MR) is 161 cm³/mol. The first-order valence-electron chi connectivity index (χ1n) is 13.2. The van der Waals surface area contributed by atoms with Gasteiger partial charge in [0.2, 0.25) is 10.0 Å². The van der Waals surface area contributed by atoms with Gasteiger partial charge in [0, 0.05) is 42.7 Å². The molecule has 6 rings (SSSR count). The Kier molecular flexibility index (Phi) is 7.03. The number of imidazole rings is 1. The van der Waals surface area contributed by atoms with E-state index in [9.17, 15) is 31.2 Å². The van der Waals surface area contributed by atoms with E-state index in [2.05, 4.69) is 10.3 Å². The highest BCUT2D eigenvalue weighted by atomic mass is 32.2. The van der Waals surface area contributed by atoms with E-state index in [0.717, 1.165) is 33.3 Å². The monoisotopic (exact) mass is 638 g/mol. The number of hydrogen-bond donors (Lipinski definition) is 2. The van der Waals surface area contributed by atoms with E-state index in [0.29, 0.717) is 11.6 Å². The van der Waals surface area contributed by atoms with E-state index in [1.54, 1.807) is 0 Å². The van der Waals surface area contributed by atoms with Crippen LogP contribution >= 0.6 is 0 Å². The summed E-state index contributed by atoms with van der Waals surface area (Å²) in [5, 5.41) is 2.75. The van der Waals surface area contributed by atoms with Gasteiger partial charge >= 0.3 is 5.69 Å². The minimum absolute atomic E-state index is 0.0212. The van der Waals surface area contributed by atoms with Crippen LogP contribution in [-0.4, -0.2) is 44.2 Å². The standard InChI is InChI=1S/C31H22F4N4O5S/c1-36-30(40)27-22-13-21(24(38(2)45(3,42)43)14-26(22)44-29(27)15-4-6-17(32)7-5-15)16-8-23(35)28-25(9-16)39(31(41)37-28)20-11-18(33)10-19(34)12-20/h4-14H,1-3H3,(H,36,40)(H,37,41). The number of carbonyl (C=O) groups excluding carboxylic acids is 1. The number of aromatic amines is 1. The normalized spacial score (nSPS) is 11.8. The second kappa shape index (κ2) is 10.7. The van der Waals surface area contributed by atoms with Crippen molar-refractivity contribution in [2.75, 3.05) is 24.7 Å². The first-order valence-corrected chi connectivity index (χ1v) is 15.0. The van der Waals surface area contributed by atoms with Crippen LogP contribution in [0.25, 0.3) is 50.1 Å². The highest BCUT2D eigenvalue weighted by molar-refractivity contribution is 7.92. The summed E-state index contributed by atoms with van der Waals surface area (Å²) >= 11 is 0. The molecule has 0 aliphatic rings. The van der Waals surface area contributed by atoms with Crippen molar-refractivity contribution in [3.63, 3.8) is 0 Å². The van der Waals surface area contributed by atoms with Crippen LogP contribution in [0, 0.1) is 23.3 Å². The Morgan fingerprint density at radius 1 is 0.911 bits per heavy atom. The fraction of sp³-hybridized carbons (Fsp3) is 0.0968. The molecule has 0 atom stereocenters. The molecule has 2 N–H and O–H groups in total. The molecule has 0 fully saturated rings. The van der Waals surface area contributed by atoms with E-state index in [4.69, 9.17) is 4.42 Å². The smallest absolute Gasteiger partial charge is 0.331 e. The van der Waals surface area contributed by atoms with Crippen molar-refractivity contribution in [1.29, 1.82) is 0 Å². The van der Waals surface area contributed by atoms with Gasteiger partial charge in [-0.15, -0.1) is 0 Å². The second-order valence-electron chi connectivity index (χ2n) is 10.2. The van der Waals surface area contributed by atoms with Crippen LogP contribution in [0.15, 0.2) is 75.9 Å². The van der Waals surface area contributed by atoms with Crippen LogP contribution in [0.4, 0.5) is 23.2 Å². The molecule has 2 heterocycles. The van der Waals surface area contributed by atoms with Crippen molar-refractivity contribution in [2.24, 2.45) is 0 Å². The summed E-state index contributed by atoms with van der Waals surface area (Å²) in [4.78, 5) is 28.4. The molecule has 0 spiro atoms. The number of nitrogens with one attached hydrogen (secondary N) is 2. The van der Waals surface area contributed by atoms with Gasteiger partial charge in [-0.25, -0.2) is 30.8 Å². The third kappa shape index (κ3) is 5.12. The number of anilines is 1. The van der Waals surface area contributed by atoms with Crippen LogP contribution in [-0.2, 0) is 10.0 Å². The molecular formula is C31H22F4N4O5S. The number of fused-ring (bicyclic) bond motifs is 2. The number of furan rings is 1. The Bertz CT molecular complexity index is 2320. The lowest BCUT2D eigenvalue weighted by atomic mass is 9.98.